The number of aliphatic hydroxyl groups excluding tert-OH is 1. The minimum absolute atomic E-state index is 0.221. The van der Waals surface area contributed by atoms with Gasteiger partial charge in [-0.1, -0.05) is 17.7 Å². The highest BCUT2D eigenvalue weighted by Gasteiger charge is 2.33. The van der Waals surface area contributed by atoms with E-state index in [2.05, 4.69) is 21.7 Å². The molecule has 0 spiro atoms. The molecule has 4 nitrogen and oxygen atoms in total. The Morgan fingerprint density at radius 3 is 2.64 bits per heavy atom. The molecule has 1 aromatic carbocycles. The number of rotatable bonds is 5. The van der Waals surface area contributed by atoms with Crippen LogP contribution < -0.4 is 0 Å². The van der Waals surface area contributed by atoms with E-state index in [-0.39, 0.29) is 12.4 Å². The van der Waals surface area contributed by atoms with Crippen LogP contribution >= 0.6 is 11.6 Å². The summed E-state index contributed by atoms with van der Waals surface area (Å²) >= 11 is 6.19. The van der Waals surface area contributed by atoms with Gasteiger partial charge in [0, 0.05) is 49.9 Å². The molecule has 0 unspecified atom stereocenters. The first-order valence-corrected chi connectivity index (χ1v) is 9.66. The molecule has 0 aliphatic carbocycles. The molecule has 1 N–H and O–H groups in total. The number of nitrogens with zero attached hydrogens (tertiary/aromatic N) is 3. The second kappa shape index (κ2) is 8.78. The second-order valence-corrected chi connectivity index (χ2v) is 7.82. The Morgan fingerprint density at radius 2 is 1.96 bits per heavy atom. The van der Waals surface area contributed by atoms with E-state index in [1.54, 1.807) is 6.07 Å². The smallest absolute Gasteiger partial charge is 0.124 e. The summed E-state index contributed by atoms with van der Waals surface area (Å²) in [6.07, 6.45) is 3.23. The fourth-order valence-corrected chi connectivity index (χ4v) is 4.41. The van der Waals surface area contributed by atoms with Crippen molar-refractivity contribution in [3.8, 4) is 0 Å². The average Bonchev–Trinajstić information content (AvgIpc) is 2.59. The van der Waals surface area contributed by atoms with Crippen molar-refractivity contribution in [1.82, 2.24) is 14.7 Å². The topological polar surface area (TPSA) is 30.0 Å². The molecular weight excluding hydrogens is 341 g/mol. The molecule has 0 saturated carbocycles. The molecule has 2 saturated heterocycles. The quantitative estimate of drug-likeness (QED) is 0.863. The third-order valence-electron chi connectivity index (χ3n) is 5.64. The first kappa shape index (κ1) is 19.1. The van der Waals surface area contributed by atoms with E-state index in [9.17, 15) is 9.50 Å². The molecular formula is C19H29ClFN3O. The largest absolute Gasteiger partial charge is 0.396 e. The molecule has 0 amide bonds. The van der Waals surface area contributed by atoms with Crippen LogP contribution in [0.5, 0.6) is 0 Å². The van der Waals surface area contributed by atoms with Crippen molar-refractivity contribution < 1.29 is 9.50 Å². The molecule has 140 valence electrons. The van der Waals surface area contributed by atoms with Crippen molar-refractivity contribution in [1.29, 1.82) is 0 Å². The van der Waals surface area contributed by atoms with Crippen molar-refractivity contribution in [2.75, 3.05) is 46.4 Å². The van der Waals surface area contributed by atoms with Crippen LogP contribution in [0.25, 0.3) is 0 Å². The molecule has 2 fully saturated rings. The van der Waals surface area contributed by atoms with E-state index in [0.717, 1.165) is 51.3 Å². The summed E-state index contributed by atoms with van der Waals surface area (Å²) < 4.78 is 13.2. The van der Waals surface area contributed by atoms with Gasteiger partial charge in [0.1, 0.15) is 5.82 Å². The van der Waals surface area contributed by atoms with Crippen molar-refractivity contribution in [3.63, 3.8) is 0 Å². The first-order chi connectivity index (χ1) is 12.1. The summed E-state index contributed by atoms with van der Waals surface area (Å²) in [5, 5.41) is 10.0. The van der Waals surface area contributed by atoms with Crippen LogP contribution in [0.2, 0.25) is 5.02 Å². The van der Waals surface area contributed by atoms with E-state index in [0.29, 0.717) is 17.1 Å². The molecule has 2 heterocycles. The second-order valence-electron chi connectivity index (χ2n) is 7.41. The van der Waals surface area contributed by atoms with Crippen LogP contribution in [-0.2, 0) is 6.54 Å². The van der Waals surface area contributed by atoms with Gasteiger partial charge in [0.25, 0.3) is 0 Å². The zero-order chi connectivity index (χ0) is 17.8. The Labute approximate surface area is 155 Å². The van der Waals surface area contributed by atoms with E-state index in [1.165, 1.54) is 25.0 Å². The van der Waals surface area contributed by atoms with Gasteiger partial charge >= 0.3 is 0 Å². The number of hydrogen-bond donors (Lipinski definition) is 1. The maximum absolute atomic E-state index is 13.2. The normalized spacial score (nSPS) is 24.7. The van der Waals surface area contributed by atoms with Crippen LogP contribution in [0, 0.1) is 5.82 Å². The molecule has 1 aromatic rings. The van der Waals surface area contributed by atoms with Crippen LogP contribution in [0.3, 0.4) is 0 Å². The Bertz CT molecular complexity index is 566. The number of piperazine rings is 1. The van der Waals surface area contributed by atoms with Gasteiger partial charge in [-0.15, -0.1) is 0 Å². The number of likely N-dealkylation sites (tertiary alicyclic amines) is 1. The van der Waals surface area contributed by atoms with Crippen molar-refractivity contribution >= 4 is 11.6 Å². The fraction of sp³-hybridized carbons (Fsp3) is 0.684. The minimum Gasteiger partial charge on any atom is -0.396 e. The molecule has 6 heteroatoms. The van der Waals surface area contributed by atoms with E-state index in [1.807, 2.05) is 0 Å². The van der Waals surface area contributed by atoms with Gasteiger partial charge < -0.3 is 10.0 Å². The standard InChI is InChI=1S/C19H29ClFN3O/c1-22-7-4-17(5-8-22)24-10-9-23(14-18(24)6-11-25)13-15-2-3-16(21)12-19(15)20/h2-3,12,17-18,25H,4-11,13-14H2,1H3/t18-/m0/s1. The molecule has 2 aliphatic heterocycles. The Balaban J connectivity index is 1.62. The maximum Gasteiger partial charge on any atom is 0.124 e. The number of halogens is 2. The first-order valence-electron chi connectivity index (χ1n) is 9.28. The SMILES string of the molecule is CN1CCC(N2CCN(Cc3ccc(F)cc3Cl)C[C@@H]2CCO)CC1. The summed E-state index contributed by atoms with van der Waals surface area (Å²) in [5.74, 6) is -0.293. The van der Waals surface area contributed by atoms with Gasteiger partial charge in [-0.2, -0.15) is 0 Å². The number of piperidine rings is 1. The Kier molecular flexibility index (Phi) is 6.69. The Morgan fingerprint density at radius 1 is 1.20 bits per heavy atom. The van der Waals surface area contributed by atoms with Gasteiger partial charge in [-0.25, -0.2) is 4.39 Å². The van der Waals surface area contributed by atoms with Gasteiger partial charge in [0.15, 0.2) is 0 Å². The lowest BCUT2D eigenvalue weighted by Gasteiger charge is -2.47. The lowest BCUT2D eigenvalue weighted by Crippen LogP contribution is -2.58. The highest BCUT2D eigenvalue weighted by molar-refractivity contribution is 6.31. The molecule has 0 radical (unpaired) electrons. The summed E-state index contributed by atoms with van der Waals surface area (Å²) in [6.45, 7) is 6.21. The molecule has 0 bridgehead atoms. The van der Waals surface area contributed by atoms with Crippen molar-refractivity contribution in [2.45, 2.75) is 37.9 Å². The number of hydrogen-bond acceptors (Lipinski definition) is 4. The van der Waals surface area contributed by atoms with Crippen molar-refractivity contribution in [2.24, 2.45) is 0 Å². The third kappa shape index (κ3) is 4.92. The van der Waals surface area contributed by atoms with E-state index in [4.69, 9.17) is 11.6 Å². The van der Waals surface area contributed by atoms with E-state index >= 15 is 0 Å². The zero-order valence-electron chi connectivity index (χ0n) is 15.0. The highest BCUT2D eigenvalue weighted by atomic mass is 35.5. The average molecular weight is 370 g/mol. The maximum atomic E-state index is 13.2. The molecule has 3 rings (SSSR count). The molecule has 1 atom stereocenters. The van der Waals surface area contributed by atoms with Crippen LogP contribution in [-0.4, -0.2) is 78.3 Å². The lowest BCUT2D eigenvalue weighted by molar-refractivity contribution is 0.00600. The van der Waals surface area contributed by atoms with Gasteiger partial charge in [0.05, 0.1) is 0 Å². The monoisotopic (exact) mass is 369 g/mol. The third-order valence-corrected chi connectivity index (χ3v) is 5.99. The highest BCUT2D eigenvalue weighted by Crippen LogP contribution is 2.25. The predicted octanol–water partition coefficient (Wildman–Crippen LogP) is 2.44. The lowest BCUT2D eigenvalue weighted by atomic mass is 9.98. The van der Waals surface area contributed by atoms with Crippen LogP contribution in [0.1, 0.15) is 24.8 Å². The summed E-state index contributed by atoms with van der Waals surface area (Å²) in [6, 6.07) is 5.65. The van der Waals surface area contributed by atoms with Crippen LogP contribution in [0.4, 0.5) is 4.39 Å². The summed E-state index contributed by atoms with van der Waals surface area (Å²) in [7, 11) is 2.19. The molecule has 0 aromatic heterocycles. The molecule has 2 aliphatic rings. The fourth-order valence-electron chi connectivity index (χ4n) is 4.18. The van der Waals surface area contributed by atoms with Gasteiger partial charge in [0.2, 0.25) is 0 Å². The number of benzene rings is 1. The van der Waals surface area contributed by atoms with Gasteiger partial charge in [-0.3, -0.25) is 9.80 Å². The zero-order valence-corrected chi connectivity index (χ0v) is 15.8. The van der Waals surface area contributed by atoms with Crippen LogP contribution in [0.15, 0.2) is 18.2 Å². The van der Waals surface area contributed by atoms with Gasteiger partial charge in [-0.05, 0) is 57.1 Å². The summed E-state index contributed by atoms with van der Waals surface area (Å²) in [4.78, 5) is 7.39. The predicted molar refractivity (Wildman–Crippen MR) is 99.4 cm³/mol. The Hall–Kier alpha value is -0.720. The van der Waals surface area contributed by atoms with Crippen molar-refractivity contribution in [3.05, 3.63) is 34.6 Å². The minimum atomic E-state index is -0.293. The van der Waals surface area contributed by atoms with E-state index < -0.39 is 0 Å². The summed E-state index contributed by atoms with van der Waals surface area (Å²) in [5.41, 5.74) is 0.971. The number of aliphatic hydroxyl groups is 1. The molecule has 25 heavy (non-hydrogen) atoms.